The number of fused-ring (bicyclic) bond motifs is 1. The number of hydrogen-bond donors (Lipinski definition) is 5. The van der Waals surface area contributed by atoms with Gasteiger partial charge in [-0.3, -0.25) is 9.59 Å². The first kappa shape index (κ1) is 21.7. The summed E-state index contributed by atoms with van der Waals surface area (Å²) in [5.41, 5.74) is 2.00. The van der Waals surface area contributed by atoms with Gasteiger partial charge >= 0.3 is 0 Å². The Labute approximate surface area is 164 Å². The predicted octanol–water partition coefficient (Wildman–Crippen LogP) is 1.27. The number of allylic oxidation sites excluding steroid dienone is 1. The summed E-state index contributed by atoms with van der Waals surface area (Å²) in [6, 6.07) is 7.02. The van der Waals surface area contributed by atoms with Crippen LogP contribution < -0.4 is 10.6 Å². The van der Waals surface area contributed by atoms with Crippen LogP contribution in [0.25, 0.3) is 10.9 Å². The molecule has 0 aliphatic rings. The first-order chi connectivity index (χ1) is 13.5. The van der Waals surface area contributed by atoms with Crippen LogP contribution in [0.1, 0.15) is 25.3 Å². The second-order valence-electron chi connectivity index (χ2n) is 7.03. The maximum atomic E-state index is 12.7. The van der Waals surface area contributed by atoms with Gasteiger partial charge in [-0.2, -0.15) is 0 Å². The summed E-state index contributed by atoms with van der Waals surface area (Å²) in [5.74, 6) is -1.19. The Bertz CT molecular complexity index is 802. The molecule has 3 atom stereocenters. The molecule has 2 amide bonds. The molecule has 2 aromatic rings. The van der Waals surface area contributed by atoms with Crippen molar-refractivity contribution in [2.45, 2.75) is 38.3 Å². The smallest absolute Gasteiger partial charge is 0.224 e. The minimum atomic E-state index is -0.583. The summed E-state index contributed by atoms with van der Waals surface area (Å²) in [6.07, 6.45) is 4.29. The van der Waals surface area contributed by atoms with Gasteiger partial charge in [0, 0.05) is 29.6 Å². The maximum Gasteiger partial charge on any atom is 0.224 e. The molecule has 0 unspecified atom stereocenters. The minimum Gasteiger partial charge on any atom is -0.394 e. The van der Waals surface area contributed by atoms with Gasteiger partial charge in [0.05, 0.1) is 25.2 Å². The zero-order valence-electron chi connectivity index (χ0n) is 16.1. The number of amides is 2. The van der Waals surface area contributed by atoms with E-state index in [0.717, 1.165) is 16.5 Å². The van der Waals surface area contributed by atoms with Crippen LogP contribution in [-0.2, 0) is 16.0 Å². The van der Waals surface area contributed by atoms with E-state index >= 15 is 0 Å². The quantitative estimate of drug-likeness (QED) is 0.374. The van der Waals surface area contributed by atoms with Crippen LogP contribution in [-0.4, -0.2) is 52.3 Å². The van der Waals surface area contributed by atoms with E-state index in [-0.39, 0.29) is 37.5 Å². The Hall–Kier alpha value is -2.64. The first-order valence-corrected chi connectivity index (χ1v) is 9.45. The van der Waals surface area contributed by atoms with Gasteiger partial charge in [-0.1, -0.05) is 24.3 Å². The summed E-state index contributed by atoms with van der Waals surface area (Å²) >= 11 is 0. The summed E-state index contributed by atoms with van der Waals surface area (Å²) in [5, 5.41) is 25.3. The second-order valence-corrected chi connectivity index (χ2v) is 7.03. The standard InChI is InChI=1S/C21H29N3O4/c1-3-6-15(10-20(27)23-14(2)12-25)21(28)24-17(13-26)9-16-11-22-19-8-5-4-7-18(16)19/h3-5,7-8,11,14-15,17,22,25-26H,1,6,9-10,12-13H2,2H3,(H,23,27)(H,24,28)/t14-,15-,17-/m0/s1. The molecule has 0 bridgehead atoms. The lowest BCUT2D eigenvalue weighted by molar-refractivity contribution is -0.131. The van der Waals surface area contributed by atoms with Gasteiger partial charge in [-0.15, -0.1) is 6.58 Å². The molecule has 152 valence electrons. The molecule has 28 heavy (non-hydrogen) atoms. The third-order valence-corrected chi connectivity index (χ3v) is 4.64. The lowest BCUT2D eigenvalue weighted by Crippen LogP contribution is -2.44. The van der Waals surface area contributed by atoms with E-state index in [4.69, 9.17) is 5.11 Å². The highest BCUT2D eigenvalue weighted by Crippen LogP contribution is 2.19. The fourth-order valence-corrected chi connectivity index (χ4v) is 3.13. The van der Waals surface area contributed by atoms with Crippen molar-refractivity contribution in [3.05, 3.63) is 48.7 Å². The van der Waals surface area contributed by atoms with Crippen molar-refractivity contribution in [3.63, 3.8) is 0 Å². The molecule has 1 aromatic heterocycles. The molecule has 0 spiro atoms. The number of rotatable bonds is 11. The van der Waals surface area contributed by atoms with E-state index in [2.05, 4.69) is 22.2 Å². The van der Waals surface area contributed by atoms with Crippen molar-refractivity contribution in [1.29, 1.82) is 0 Å². The number of hydrogen-bond acceptors (Lipinski definition) is 4. The molecule has 1 heterocycles. The number of aromatic amines is 1. The van der Waals surface area contributed by atoms with Crippen molar-refractivity contribution in [1.82, 2.24) is 15.6 Å². The van der Waals surface area contributed by atoms with E-state index in [9.17, 15) is 14.7 Å². The fraction of sp³-hybridized carbons (Fsp3) is 0.429. The molecule has 0 aliphatic carbocycles. The Kier molecular flexibility index (Phi) is 8.22. The topological polar surface area (TPSA) is 114 Å². The molecular weight excluding hydrogens is 358 g/mol. The number of aromatic nitrogens is 1. The third-order valence-electron chi connectivity index (χ3n) is 4.64. The summed E-state index contributed by atoms with van der Waals surface area (Å²) in [4.78, 5) is 27.9. The van der Waals surface area contributed by atoms with E-state index in [1.165, 1.54) is 0 Å². The van der Waals surface area contributed by atoms with Crippen molar-refractivity contribution >= 4 is 22.7 Å². The van der Waals surface area contributed by atoms with Gasteiger partial charge in [0.1, 0.15) is 0 Å². The Morgan fingerprint density at radius 2 is 1.96 bits per heavy atom. The van der Waals surface area contributed by atoms with Crippen LogP contribution in [0.15, 0.2) is 43.1 Å². The lowest BCUT2D eigenvalue weighted by atomic mass is 9.98. The van der Waals surface area contributed by atoms with Gasteiger partial charge in [0.15, 0.2) is 0 Å². The Morgan fingerprint density at radius 3 is 2.64 bits per heavy atom. The number of nitrogens with one attached hydrogen (secondary N) is 3. The first-order valence-electron chi connectivity index (χ1n) is 9.45. The molecule has 0 fully saturated rings. The molecule has 2 rings (SSSR count). The number of aliphatic hydroxyl groups excluding tert-OH is 2. The van der Waals surface area contributed by atoms with Crippen LogP contribution in [0.2, 0.25) is 0 Å². The number of benzene rings is 1. The Morgan fingerprint density at radius 1 is 1.21 bits per heavy atom. The Balaban J connectivity index is 2.01. The van der Waals surface area contributed by atoms with Crippen LogP contribution >= 0.6 is 0 Å². The maximum absolute atomic E-state index is 12.7. The van der Waals surface area contributed by atoms with E-state index in [0.29, 0.717) is 12.8 Å². The van der Waals surface area contributed by atoms with Crippen molar-refractivity contribution in [2.75, 3.05) is 13.2 Å². The molecule has 0 aliphatic heterocycles. The highest BCUT2D eigenvalue weighted by Gasteiger charge is 2.24. The normalized spacial score (nSPS) is 14.2. The summed E-state index contributed by atoms with van der Waals surface area (Å²) < 4.78 is 0. The highest BCUT2D eigenvalue weighted by atomic mass is 16.3. The average molecular weight is 387 g/mol. The van der Waals surface area contributed by atoms with Crippen LogP contribution in [0, 0.1) is 5.92 Å². The monoisotopic (exact) mass is 387 g/mol. The van der Waals surface area contributed by atoms with E-state index in [1.807, 2.05) is 30.5 Å². The molecular formula is C21H29N3O4. The van der Waals surface area contributed by atoms with E-state index in [1.54, 1.807) is 13.0 Å². The van der Waals surface area contributed by atoms with Gasteiger partial charge in [-0.25, -0.2) is 0 Å². The number of aliphatic hydroxyl groups is 2. The number of para-hydroxylation sites is 1. The molecule has 7 heteroatoms. The zero-order valence-corrected chi connectivity index (χ0v) is 16.1. The summed E-state index contributed by atoms with van der Waals surface area (Å²) in [7, 11) is 0. The van der Waals surface area contributed by atoms with Crippen LogP contribution in [0.4, 0.5) is 0 Å². The predicted molar refractivity (Wildman–Crippen MR) is 109 cm³/mol. The molecule has 0 saturated carbocycles. The molecule has 1 aromatic carbocycles. The fourth-order valence-electron chi connectivity index (χ4n) is 3.13. The van der Waals surface area contributed by atoms with E-state index < -0.39 is 12.0 Å². The van der Waals surface area contributed by atoms with Gasteiger partial charge in [-0.05, 0) is 31.4 Å². The summed E-state index contributed by atoms with van der Waals surface area (Å²) in [6.45, 7) is 4.97. The minimum absolute atomic E-state index is 0.00652. The molecule has 0 saturated heterocycles. The number of H-pyrrole nitrogens is 1. The van der Waals surface area contributed by atoms with Gasteiger partial charge < -0.3 is 25.8 Å². The lowest BCUT2D eigenvalue weighted by Gasteiger charge is -2.21. The molecule has 7 nitrogen and oxygen atoms in total. The van der Waals surface area contributed by atoms with Crippen LogP contribution in [0.5, 0.6) is 0 Å². The largest absolute Gasteiger partial charge is 0.394 e. The highest BCUT2D eigenvalue weighted by molar-refractivity contribution is 5.86. The van der Waals surface area contributed by atoms with Gasteiger partial charge in [0.25, 0.3) is 0 Å². The van der Waals surface area contributed by atoms with Crippen molar-refractivity contribution in [3.8, 4) is 0 Å². The SMILES string of the molecule is C=CC[C@@H](CC(=O)N[C@@H](C)CO)C(=O)N[C@H](CO)Cc1c[nH]c2ccccc12. The number of carbonyl (C=O) groups is 2. The van der Waals surface area contributed by atoms with Crippen molar-refractivity contribution in [2.24, 2.45) is 5.92 Å². The van der Waals surface area contributed by atoms with Gasteiger partial charge in [0.2, 0.25) is 11.8 Å². The zero-order chi connectivity index (χ0) is 20.5. The van der Waals surface area contributed by atoms with Crippen molar-refractivity contribution < 1.29 is 19.8 Å². The molecule has 0 radical (unpaired) electrons. The molecule has 5 N–H and O–H groups in total. The average Bonchev–Trinajstić information content (AvgIpc) is 3.09. The number of carbonyl (C=O) groups excluding carboxylic acids is 2. The van der Waals surface area contributed by atoms with Crippen LogP contribution in [0.3, 0.4) is 0 Å². The second kappa shape index (κ2) is 10.6. The third kappa shape index (κ3) is 5.94.